The van der Waals surface area contributed by atoms with Crippen molar-refractivity contribution in [2.75, 3.05) is 19.0 Å². The zero-order valence-corrected chi connectivity index (χ0v) is 10.5. The molecular weight excluding hydrogens is 224 g/mol. The van der Waals surface area contributed by atoms with E-state index in [4.69, 9.17) is 17.0 Å². The van der Waals surface area contributed by atoms with Crippen LogP contribution in [-0.2, 0) is 0 Å². The Kier molecular flexibility index (Phi) is 4.91. The summed E-state index contributed by atoms with van der Waals surface area (Å²) in [7, 11) is 1.56. The van der Waals surface area contributed by atoms with Crippen LogP contribution in [0, 0.1) is 5.92 Å². The number of ether oxygens (including phenoxy) is 1. The van der Waals surface area contributed by atoms with Crippen molar-refractivity contribution in [2.45, 2.75) is 13.8 Å². The van der Waals surface area contributed by atoms with Crippen molar-refractivity contribution in [2.24, 2.45) is 5.92 Å². The van der Waals surface area contributed by atoms with Crippen LogP contribution in [0.5, 0.6) is 5.88 Å². The Bertz CT molecular complexity index is 356. The average Bonchev–Trinajstić information content (AvgIpc) is 2.26. The zero-order chi connectivity index (χ0) is 12.0. The molecule has 0 unspecified atom stereocenters. The number of aromatic nitrogens is 2. The highest BCUT2D eigenvalue weighted by Gasteiger charge is 2.01. The van der Waals surface area contributed by atoms with Crippen molar-refractivity contribution in [1.82, 2.24) is 15.3 Å². The van der Waals surface area contributed by atoms with Gasteiger partial charge in [-0.1, -0.05) is 13.8 Å². The van der Waals surface area contributed by atoms with Gasteiger partial charge in [-0.15, -0.1) is 0 Å². The number of rotatable bonds is 4. The SMILES string of the molecule is COc1cc(NC(=S)NCC(C)C)ncn1. The number of nitrogens with one attached hydrogen (secondary N) is 2. The van der Waals surface area contributed by atoms with Gasteiger partial charge >= 0.3 is 0 Å². The molecule has 0 bridgehead atoms. The topological polar surface area (TPSA) is 59.1 Å². The standard InChI is InChI=1S/C10H16N4OS/c1-7(2)5-11-10(16)14-8-4-9(15-3)13-6-12-8/h4,6-7H,5H2,1-3H3,(H2,11,12,13,14,16). The average molecular weight is 240 g/mol. The molecule has 0 radical (unpaired) electrons. The summed E-state index contributed by atoms with van der Waals surface area (Å²) in [5.41, 5.74) is 0. The molecule has 0 saturated heterocycles. The highest BCUT2D eigenvalue weighted by atomic mass is 32.1. The predicted molar refractivity (Wildman–Crippen MR) is 67.6 cm³/mol. The third-order valence-corrected chi connectivity index (χ3v) is 2.01. The molecule has 88 valence electrons. The fraction of sp³-hybridized carbons (Fsp3) is 0.500. The smallest absolute Gasteiger partial charge is 0.218 e. The summed E-state index contributed by atoms with van der Waals surface area (Å²) in [5.74, 6) is 1.66. The highest BCUT2D eigenvalue weighted by molar-refractivity contribution is 7.80. The van der Waals surface area contributed by atoms with Crippen LogP contribution in [0.15, 0.2) is 12.4 Å². The van der Waals surface area contributed by atoms with Gasteiger partial charge in [0, 0.05) is 12.6 Å². The van der Waals surface area contributed by atoms with Gasteiger partial charge in [-0.25, -0.2) is 9.97 Å². The van der Waals surface area contributed by atoms with Crippen LogP contribution >= 0.6 is 12.2 Å². The molecule has 2 N–H and O–H groups in total. The van der Waals surface area contributed by atoms with E-state index in [-0.39, 0.29) is 0 Å². The molecule has 0 atom stereocenters. The minimum absolute atomic E-state index is 0.504. The number of hydrogen-bond donors (Lipinski definition) is 2. The van der Waals surface area contributed by atoms with Crippen LogP contribution in [0.2, 0.25) is 0 Å². The van der Waals surface area contributed by atoms with E-state index < -0.39 is 0 Å². The van der Waals surface area contributed by atoms with Gasteiger partial charge in [-0.2, -0.15) is 0 Å². The first-order valence-corrected chi connectivity index (χ1v) is 5.43. The predicted octanol–water partition coefficient (Wildman–Crippen LogP) is 1.43. The molecule has 6 heteroatoms. The Morgan fingerprint density at radius 2 is 2.25 bits per heavy atom. The first kappa shape index (κ1) is 12.6. The Morgan fingerprint density at radius 3 is 2.88 bits per heavy atom. The van der Waals surface area contributed by atoms with Crippen LogP contribution < -0.4 is 15.4 Å². The van der Waals surface area contributed by atoms with Crippen LogP contribution in [0.4, 0.5) is 5.82 Å². The lowest BCUT2D eigenvalue weighted by molar-refractivity contribution is 0.397. The molecular formula is C10H16N4OS. The van der Waals surface area contributed by atoms with E-state index in [0.717, 1.165) is 6.54 Å². The molecule has 0 fully saturated rings. The van der Waals surface area contributed by atoms with E-state index in [1.807, 2.05) is 0 Å². The fourth-order valence-corrected chi connectivity index (χ4v) is 1.16. The van der Waals surface area contributed by atoms with E-state index in [1.54, 1.807) is 13.2 Å². The van der Waals surface area contributed by atoms with Crippen molar-refractivity contribution >= 4 is 23.1 Å². The van der Waals surface area contributed by atoms with Crippen molar-refractivity contribution in [3.63, 3.8) is 0 Å². The maximum absolute atomic E-state index is 5.11. The quantitative estimate of drug-likeness (QED) is 0.776. The van der Waals surface area contributed by atoms with E-state index in [1.165, 1.54) is 6.33 Å². The van der Waals surface area contributed by atoms with Crippen LogP contribution in [0.25, 0.3) is 0 Å². The van der Waals surface area contributed by atoms with E-state index in [9.17, 15) is 0 Å². The second-order valence-corrected chi connectivity index (χ2v) is 4.08. The molecule has 1 rings (SSSR count). The summed E-state index contributed by atoms with van der Waals surface area (Å²) in [6.45, 7) is 5.06. The lowest BCUT2D eigenvalue weighted by atomic mass is 10.2. The summed E-state index contributed by atoms with van der Waals surface area (Å²) in [6, 6.07) is 1.68. The molecule has 0 aliphatic rings. The molecule has 0 saturated carbocycles. The van der Waals surface area contributed by atoms with Gasteiger partial charge in [-0.3, -0.25) is 0 Å². The summed E-state index contributed by atoms with van der Waals surface area (Å²) < 4.78 is 4.98. The Labute approximate surface area is 101 Å². The van der Waals surface area contributed by atoms with Gasteiger partial charge in [-0.05, 0) is 18.1 Å². The van der Waals surface area contributed by atoms with Crippen molar-refractivity contribution in [1.29, 1.82) is 0 Å². The summed E-state index contributed by atoms with van der Waals surface area (Å²) in [5, 5.41) is 6.60. The van der Waals surface area contributed by atoms with Crippen molar-refractivity contribution in [3.05, 3.63) is 12.4 Å². The van der Waals surface area contributed by atoms with Crippen molar-refractivity contribution < 1.29 is 4.74 Å². The van der Waals surface area contributed by atoms with Gasteiger partial charge in [0.25, 0.3) is 0 Å². The molecule has 1 aromatic rings. The number of methoxy groups -OCH3 is 1. The zero-order valence-electron chi connectivity index (χ0n) is 9.65. The van der Waals surface area contributed by atoms with Gasteiger partial charge in [0.2, 0.25) is 5.88 Å². The maximum Gasteiger partial charge on any atom is 0.218 e. The fourth-order valence-electron chi connectivity index (χ4n) is 0.977. The first-order chi connectivity index (χ1) is 7.61. The third kappa shape index (κ3) is 4.39. The van der Waals surface area contributed by atoms with Gasteiger partial charge in [0.15, 0.2) is 5.11 Å². The number of hydrogen-bond acceptors (Lipinski definition) is 4. The molecule has 1 aromatic heterocycles. The van der Waals surface area contributed by atoms with E-state index in [2.05, 4.69) is 34.4 Å². The van der Waals surface area contributed by atoms with Crippen LogP contribution in [0.1, 0.15) is 13.8 Å². The lowest BCUT2D eigenvalue weighted by Crippen LogP contribution is -2.31. The van der Waals surface area contributed by atoms with Crippen LogP contribution in [-0.4, -0.2) is 28.7 Å². The third-order valence-electron chi connectivity index (χ3n) is 1.76. The molecule has 0 aliphatic heterocycles. The molecule has 5 nitrogen and oxygen atoms in total. The second kappa shape index (κ2) is 6.22. The minimum atomic E-state index is 0.504. The van der Waals surface area contributed by atoms with Crippen LogP contribution in [0.3, 0.4) is 0 Å². The Hall–Kier alpha value is -1.43. The first-order valence-electron chi connectivity index (χ1n) is 5.02. The largest absolute Gasteiger partial charge is 0.481 e. The molecule has 0 aromatic carbocycles. The minimum Gasteiger partial charge on any atom is -0.481 e. The highest BCUT2D eigenvalue weighted by Crippen LogP contribution is 2.09. The second-order valence-electron chi connectivity index (χ2n) is 3.67. The monoisotopic (exact) mass is 240 g/mol. The summed E-state index contributed by atoms with van der Waals surface area (Å²) in [4.78, 5) is 7.93. The number of nitrogens with zero attached hydrogens (tertiary/aromatic N) is 2. The number of thiocarbonyl (C=S) groups is 1. The lowest BCUT2D eigenvalue weighted by Gasteiger charge is -2.11. The van der Waals surface area contributed by atoms with Gasteiger partial charge in [0.05, 0.1) is 7.11 Å². The molecule has 16 heavy (non-hydrogen) atoms. The maximum atomic E-state index is 5.11. The normalized spacial score (nSPS) is 10.0. The molecule has 0 aliphatic carbocycles. The Morgan fingerprint density at radius 1 is 1.50 bits per heavy atom. The van der Waals surface area contributed by atoms with E-state index in [0.29, 0.717) is 22.7 Å². The summed E-state index contributed by atoms with van der Waals surface area (Å²) >= 11 is 5.11. The number of anilines is 1. The molecule has 1 heterocycles. The molecule has 0 amide bonds. The van der Waals surface area contributed by atoms with E-state index >= 15 is 0 Å². The summed E-state index contributed by atoms with van der Waals surface area (Å²) in [6.07, 6.45) is 1.42. The Balaban J connectivity index is 2.49. The van der Waals surface area contributed by atoms with Crippen molar-refractivity contribution in [3.8, 4) is 5.88 Å². The van der Waals surface area contributed by atoms with Gasteiger partial charge in [0.1, 0.15) is 12.1 Å². The molecule has 0 spiro atoms. The van der Waals surface area contributed by atoms with Gasteiger partial charge < -0.3 is 15.4 Å².